The number of hydrogen-bond acceptors (Lipinski definition) is 5. The molecule has 0 spiro atoms. The molecule has 0 aromatic heterocycles. The molecule has 0 saturated heterocycles. The van der Waals surface area contributed by atoms with Crippen LogP contribution in [-0.4, -0.2) is 26.9 Å². The Labute approximate surface area is 263 Å². The van der Waals surface area contributed by atoms with Gasteiger partial charge in [-0.25, -0.2) is 13.1 Å². The fourth-order valence-electron chi connectivity index (χ4n) is 8.01. The largest absolute Gasteiger partial charge is 0.385 e. The van der Waals surface area contributed by atoms with Gasteiger partial charge in [-0.15, -0.1) is 0 Å². The van der Waals surface area contributed by atoms with Crippen LogP contribution in [0.4, 0.5) is 11.4 Å². The van der Waals surface area contributed by atoms with Crippen LogP contribution in [0, 0.1) is 36.0 Å². The fraction of sp³-hybridized carbons (Fsp3) is 0.486. The maximum atomic E-state index is 13.1. The summed E-state index contributed by atoms with van der Waals surface area (Å²) in [6, 6.07) is 21.0. The molecule has 44 heavy (non-hydrogen) atoms. The molecule has 2 bridgehead atoms. The van der Waals surface area contributed by atoms with Gasteiger partial charge in [0.1, 0.15) is 0 Å². The van der Waals surface area contributed by atoms with Crippen molar-refractivity contribution >= 4 is 27.3 Å². The van der Waals surface area contributed by atoms with Crippen molar-refractivity contribution in [3.63, 3.8) is 0 Å². The third kappa shape index (κ3) is 6.26. The molecule has 6 nitrogen and oxygen atoms in total. The zero-order valence-electron chi connectivity index (χ0n) is 26.5. The Morgan fingerprint density at radius 2 is 1.55 bits per heavy atom. The van der Waals surface area contributed by atoms with Gasteiger partial charge in [-0.3, -0.25) is 4.79 Å². The van der Waals surface area contributed by atoms with Gasteiger partial charge in [-0.05, 0) is 121 Å². The lowest BCUT2D eigenvalue weighted by atomic mass is 9.45. The summed E-state index contributed by atoms with van der Waals surface area (Å²) in [6.45, 7) is 10.0. The van der Waals surface area contributed by atoms with Crippen LogP contribution < -0.4 is 15.4 Å². The van der Waals surface area contributed by atoms with Crippen LogP contribution in [0.25, 0.3) is 11.1 Å². The average molecular weight is 614 g/mol. The van der Waals surface area contributed by atoms with E-state index in [0.29, 0.717) is 28.9 Å². The molecule has 1 amide bonds. The van der Waals surface area contributed by atoms with E-state index in [1.807, 2.05) is 19.1 Å². The van der Waals surface area contributed by atoms with E-state index in [1.54, 1.807) is 30.3 Å². The van der Waals surface area contributed by atoms with Crippen LogP contribution in [0.3, 0.4) is 0 Å². The van der Waals surface area contributed by atoms with Crippen molar-refractivity contribution in [2.24, 2.45) is 29.1 Å². The number of aryl methyl sites for hydroxylation is 1. The van der Waals surface area contributed by atoms with Gasteiger partial charge < -0.3 is 10.6 Å². The van der Waals surface area contributed by atoms with Crippen molar-refractivity contribution in [2.75, 3.05) is 17.2 Å². The molecule has 4 aliphatic rings. The Balaban J connectivity index is 1.04. The average Bonchev–Trinajstić information content (AvgIpc) is 3.02. The molecule has 0 heterocycles. The number of carbonyl (C=O) groups excluding carboxylic acids is 1. The van der Waals surface area contributed by atoms with Gasteiger partial charge >= 0.3 is 0 Å². The third-order valence-corrected chi connectivity index (χ3v) is 12.4. The molecule has 234 valence electrons. The Morgan fingerprint density at radius 1 is 0.886 bits per heavy atom. The molecule has 3 aromatic carbocycles. The number of amides is 1. The van der Waals surface area contributed by atoms with Crippen LogP contribution in [0.2, 0.25) is 0 Å². The quantitative estimate of drug-likeness (QED) is 0.226. The first-order chi connectivity index (χ1) is 21.0. The monoisotopic (exact) mass is 613 g/mol. The van der Waals surface area contributed by atoms with Crippen LogP contribution >= 0.6 is 0 Å². The number of nitrogens with one attached hydrogen (secondary N) is 3. The fourth-order valence-corrected chi connectivity index (χ4v) is 9.07. The second-order valence-electron chi connectivity index (χ2n) is 14.2. The van der Waals surface area contributed by atoms with Gasteiger partial charge in [0.05, 0.1) is 4.90 Å². The molecule has 3 N–H and O–H groups in total. The topological polar surface area (TPSA) is 87.3 Å². The van der Waals surface area contributed by atoms with Gasteiger partial charge in [-0.1, -0.05) is 64.3 Å². The van der Waals surface area contributed by atoms with Crippen LogP contribution in [-0.2, 0) is 10.0 Å². The maximum Gasteiger partial charge on any atom is 0.264 e. The first kappa shape index (κ1) is 30.7. The highest BCUT2D eigenvalue weighted by molar-refractivity contribution is 7.90. The summed E-state index contributed by atoms with van der Waals surface area (Å²) in [4.78, 5) is 13.0. The summed E-state index contributed by atoms with van der Waals surface area (Å²) in [5.41, 5.74) is 5.70. The Hall–Kier alpha value is -3.32. The molecular weight excluding hydrogens is 566 g/mol. The van der Waals surface area contributed by atoms with Crippen molar-refractivity contribution in [1.29, 1.82) is 0 Å². The number of sulfonamides is 1. The smallest absolute Gasteiger partial charge is 0.264 e. The van der Waals surface area contributed by atoms with E-state index < -0.39 is 15.9 Å². The summed E-state index contributed by atoms with van der Waals surface area (Å²) in [5, 5.41) is 7.27. The minimum atomic E-state index is -4.01. The lowest BCUT2D eigenvalue weighted by molar-refractivity contribution is -0.105. The predicted molar refractivity (Wildman–Crippen MR) is 179 cm³/mol. The highest BCUT2D eigenvalue weighted by atomic mass is 32.2. The normalized spacial score (nSPS) is 24.6. The molecule has 4 atom stereocenters. The second kappa shape index (κ2) is 12.2. The van der Waals surface area contributed by atoms with Gasteiger partial charge in [0.2, 0.25) is 0 Å². The molecule has 4 aliphatic carbocycles. The summed E-state index contributed by atoms with van der Waals surface area (Å²) in [5.74, 6) is 2.30. The van der Waals surface area contributed by atoms with Crippen LogP contribution in [0.1, 0.15) is 81.6 Å². The first-order valence-electron chi connectivity index (χ1n) is 16.4. The molecule has 0 radical (unpaired) electrons. The lowest BCUT2D eigenvalue weighted by Gasteiger charge is -2.62. The zero-order chi connectivity index (χ0) is 31.1. The van der Waals surface area contributed by atoms with Crippen molar-refractivity contribution in [3.05, 3.63) is 77.9 Å². The Morgan fingerprint density at radius 3 is 2.16 bits per heavy atom. The summed E-state index contributed by atoms with van der Waals surface area (Å²) in [7, 11) is -4.01. The van der Waals surface area contributed by atoms with Gasteiger partial charge in [0.15, 0.2) is 0 Å². The number of benzene rings is 3. The summed E-state index contributed by atoms with van der Waals surface area (Å²) >= 11 is 0. The number of anilines is 2. The second-order valence-corrected chi connectivity index (χ2v) is 15.8. The maximum absolute atomic E-state index is 13.1. The van der Waals surface area contributed by atoms with E-state index in [1.165, 1.54) is 44.9 Å². The van der Waals surface area contributed by atoms with E-state index in [2.05, 4.69) is 60.4 Å². The van der Waals surface area contributed by atoms with E-state index in [4.69, 9.17) is 0 Å². The van der Waals surface area contributed by atoms with Crippen molar-refractivity contribution in [1.82, 2.24) is 4.72 Å². The van der Waals surface area contributed by atoms with E-state index in [-0.39, 0.29) is 4.90 Å². The Bertz CT molecular complexity index is 1590. The first-order valence-corrected chi connectivity index (χ1v) is 17.9. The zero-order valence-corrected chi connectivity index (χ0v) is 27.3. The lowest BCUT2D eigenvalue weighted by Crippen LogP contribution is -2.58. The number of rotatable bonds is 9. The van der Waals surface area contributed by atoms with Crippen LogP contribution in [0.15, 0.2) is 71.6 Å². The van der Waals surface area contributed by atoms with Crippen molar-refractivity contribution < 1.29 is 13.2 Å². The SMILES string of the molecule is Cc1cc(S(=O)(=O)NC(=O)c2ccc(-c3ccc(N[C@H]4C[C@H]5C[C@@H]([C@@H]4C)C5(C)C)cc3)cc2)ccc1NCC1CCCCC1. The predicted octanol–water partition coefficient (Wildman–Crippen LogP) is 8.26. The molecule has 4 saturated carbocycles. The molecule has 7 rings (SSSR count). The third-order valence-electron chi connectivity index (χ3n) is 11.1. The highest BCUT2D eigenvalue weighted by Crippen LogP contribution is 2.61. The minimum Gasteiger partial charge on any atom is -0.385 e. The molecule has 7 heteroatoms. The van der Waals surface area contributed by atoms with Gasteiger partial charge in [0, 0.05) is 29.5 Å². The number of hydrogen-bond donors (Lipinski definition) is 3. The standard InChI is InChI=1S/C37H47N3O3S/c1-24-20-32(18-19-34(24)38-23-26-8-6-5-7-9-26)44(42,43)40-36(41)29-12-10-27(11-13-29)28-14-16-31(17-15-28)39-35-22-30-21-33(25(35)2)37(30,3)4/h10-20,25-26,30,33,35,38-39H,5-9,21-23H2,1-4H3,(H,40,41)/t25-,30+,33-,35-/m0/s1. The molecule has 3 aromatic rings. The molecule has 4 fully saturated rings. The molecular formula is C37H47N3O3S. The highest BCUT2D eigenvalue weighted by Gasteiger charge is 2.56. The Kier molecular flexibility index (Phi) is 8.53. The van der Waals surface area contributed by atoms with E-state index in [9.17, 15) is 13.2 Å². The minimum absolute atomic E-state index is 0.0836. The van der Waals surface area contributed by atoms with E-state index >= 15 is 0 Å². The van der Waals surface area contributed by atoms with Crippen LogP contribution in [0.5, 0.6) is 0 Å². The summed E-state index contributed by atoms with van der Waals surface area (Å²) in [6.07, 6.45) is 8.99. The van der Waals surface area contributed by atoms with Gasteiger partial charge in [-0.2, -0.15) is 0 Å². The number of carbonyl (C=O) groups is 1. The van der Waals surface area contributed by atoms with Crippen molar-refractivity contribution in [2.45, 2.75) is 83.6 Å². The van der Waals surface area contributed by atoms with Crippen molar-refractivity contribution in [3.8, 4) is 11.1 Å². The number of fused-ring (bicyclic) bond motifs is 2. The summed E-state index contributed by atoms with van der Waals surface area (Å²) < 4.78 is 28.4. The van der Waals surface area contributed by atoms with Gasteiger partial charge in [0.25, 0.3) is 15.9 Å². The molecule has 0 aliphatic heterocycles. The molecule has 0 unspecified atom stereocenters. The van der Waals surface area contributed by atoms with E-state index in [0.717, 1.165) is 46.4 Å².